The van der Waals surface area contributed by atoms with Crippen LogP contribution < -0.4 is 10.5 Å². The summed E-state index contributed by atoms with van der Waals surface area (Å²) in [6.07, 6.45) is 2.59. The van der Waals surface area contributed by atoms with Gasteiger partial charge in [0.05, 0.1) is 7.11 Å². The quantitative estimate of drug-likeness (QED) is 0.921. The third-order valence-corrected chi connectivity index (χ3v) is 4.08. The fraction of sp³-hybridized carbons (Fsp3) is 0.357. The minimum absolute atomic E-state index is 0.00334. The third-order valence-electron chi connectivity index (χ3n) is 3.07. The molecule has 0 saturated carbocycles. The fourth-order valence-corrected chi connectivity index (χ4v) is 2.82. The van der Waals surface area contributed by atoms with Crippen molar-refractivity contribution in [1.82, 2.24) is 4.98 Å². The number of hydrogen-bond donors (Lipinski definition) is 1. The van der Waals surface area contributed by atoms with Crippen molar-refractivity contribution in [2.45, 2.75) is 26.3 Å². The van der Waals surface area contributed by atoms with E-state index in [9.17, 15) is 0 Å². The summed E-state index contributed by atoms with van der Waals surface area (Å²) in [5, 5.41) is 2.05. The highest BCUT2D eigenvalue weighted by Crippen LogP contribution is 2.27. The molecule has 0 aliphatic rings. The average Bonchev–Trinajstić information content (AvgIpc) is 2.87. The Morgan fingerprint density at radius 1 is 1.44 bits per heavy atom. The van der Waals surface area contributed by atoms with Crippen LogP contribution in [0.25, 0.3) is 0 Å². The van der Waals surface area contributed by atoms with E-state index in [0.717, 1.165) is 29.0 Å². The highest BCUT2D eigenvalue weighted by molar-refractivity contribution is 7.10. The molecule has 0 saturated heterocycles. The van der Waals surface area contributed by atoms with E-state index in [-0.39, 0.29) is 6.04 Å². The summed E-state index contributed by atoms with van der Waals surface area (Å²) in [4.78, 5) is 5.67. The van der Waals surface area contributed by atoms with Crippen molar-refractivity contribution in [2.75, 3.05) is 7.11 Å². The first-order valence-electron chi connectivity index (χ1n) is 5.91. The van der Waals surface area contributed by atoms with Gasteiger partial charge in [0.15, 0.2) is 0 Å². The summed E-state index contributed by atoms with van der Waals surface area (Å²) in [6, 6.07) is 4.09. The van der Waals surface area contributed by atoms with Gasteiger partial charge in [-0.2, -0.15) is 0 Å². The van der Waals surface area contributed by atoms with Gasteiger partial charge in [0.1, 0.15) is 5.75 Å². The number of pyridine rings is 1. The number of ether oxygens (including phenoxy) is 1. The van der Waals surface area contributed by atoms with Crippen LogP contribution in [0.1, 0.15) is 27.7 Å². The van der Waals surface area contributed by atoms with Gasteiger partial charge in [-0.05, 0) is 25.3 Å². The van der Waals surface area contributed by atoms with Crippen LogP contribution in [0.2, 0.25) is 0 Å². The van der Waals surface area contributed by atoms with E-state index in [2.05, 4.69) is 11.1 Å². The van der Waals surface area contributed by atoms with E-state index in [1.54, 1.807) is 18.4 Å². The number of aromatic nitrogens is 1. The number of nitrogens with two attached hydrogens (primary N) is 1. The van der Waals surface area contributed by atoms with Crippen LogP contribution in [0.3, 0.4) is 0 Å². The van der Waals surface area contributed by atoms with Gasteiger partial charge in [-0.25, -0.2) is 0 Å². The van der Waals surface area contributed by atoms with Gasteiger partial charge < -0.3 is 10.5 Å². The van der Waals surface area contributed by atoms with Gasteiger partial charge in [-0.3, -0.25) is 4.98 Å². The molecule has 18 heavy (non-hydrogen) atoms. The van der Waals surface area contributed by atoms with Gasteiger partial charge in [0.25, 0.3) is 0 Å². The van der Waals surface area contributed by atoms with Gasteiger partial charge in [-0.1, -0.05) is 6.07 Å². The summed E-state index contributed by atoms with van der Waals surface area (Å²) in [5.41, 5.74) is 9.36. The Labute approximate surface area is 112 Å². The van der Waals surface area contributed by atoms with Crippen molar-refractivity contribution >= 4 is 11.3 Å². The SMILES string of the molecule is COc1c(C)cnc(CC(N)c2cccs2)c1C. The lowest BCUT2D eigenvalue weighted by Crippen LogP contribution is -2.14. The number of methoxy groups -OCH3 is 1. The number of rotatable bonds is 4. The number of nitrogens with zero attached hydrogens (tertiary/aromatic N) is 1. The van der Waals surface area contributed by atoms with Gasteiger partial charge in [0.2, 0.25) is 0 Å². The molecule has 0 aliphatic carbocycles. The summed E-state index contributed by atoms with van der Waals surface area (Å²) < 4.78 is 5.41. The molecule has 2 aromatic rings. The van der Waals surface area contributed by atoms with Gasteiger partial charge >= 0.3 is 0 Å². The zero-order valence-corrected chi connectivity index (χ0v) is 11.8. The Balaban J connectivity index is 2.24. The Morgan fingerprint density at radius 3 is 2.83 bits per heavy atom. The molecule has 3 nitrogen and oxygen atoms in total. The zero-order valence-electron chi connectivity index (χ0n) is 10.9. The number of thiophene rings is 1. The lowest BCUT2D eigenvalue weighted by atomic mass is 10.0. The minimum atomic E-state index is 0.00334. The average molecular weight is 262 g/mol. The van der Waals surface area contributed by atoms with Crippen LogP contribution in [-0.4, -0.2) is 12.1 Å². The van der Waals surface area contributed by atoms with Crippen LogP contribution >= 0.6 is 11.3 Å². The van der Waals surface area contributed by atoms with Crippen LogP contribution in [0.4, 0.5) is 0 Å². The monoisotopic (exact) mass is 262 g/mol. The molecule has 0 bridgehead atoms. The standard InChI is InChI=1S/C14H18N2OS/c1-9-8-16-12(10(2)14(9)17-3)7-11(15)13-5-4-6-18-13/h4-6,8,11H,7,15H2,1-3H3. The highest BCUT2D eigenvalue weighted by Gasteiger charge is 2.14. The first-order valence-corrected chi connectivity index (χ1v) is 6.79. The van der Waals surface area contributed by atoms with Gasteiger partial charge in [-0.15, -0.1) is 11.3 Å². The molecule has 0 amide bonds. The Morgan fingerprint density at radius 2 is 2.22 bits per heavy atom. The molecule has 0 fully saturated rings. The number of aryl methyl sites for hydroxylation is 1. The molecule has 4 heteroatoms. The van der Waals surface area contributed by atoms with Crippen molar-refractivity contribution in [1.29, 1.82) is 0 Å². The minimum Gasteiger partial charge on any atom is -0.496 e. The lowest BCUT2D eigenvalue weighted by Gasteiger charge is -2.15. The fourth-order valence-electron chi connectivity index (χ4n) is 2.09. The highest BCUT2D eigenvalue weighted by atomic mass is 32.1. The maximum Gasteiger partial charge on any atom is 0.128 e. The van der Waals surface area contributed by atoms with E-state index in [1.165, 1.54) is 4.88 Å². The molecular weight excluding hydrogens is 244 g/mol. The molecule has 2 aromatic heterocycles. The smallest absolute Gasteiger partial charge is 0.128 e. The molecule has 2 N–H and O–H groups in total. The Hall–Kier alpha value is -1.39. The maximum atomic E-state index is 6.20. The molecule has 0 aromatic carbocycles. The van der Waals surface area contributed by atoms with Crippen LogP contribution in [0.5, 0.6) is 5.75 Å². The molecule has 2 heterocycles. The Bertz CT molecular complexity index is 523. The zero-order chi connectivity index (χ0) is 13.1. The molecule has 1 atom stereocenters. The predicted octanol–water partition coefficient (Wildman–Crippen LogP) is 3.01. The topological polar surface area (TPSA) is 48.1 Å². The lowest BCUT2D eigenvalue weighted by molar-refractivity contribution is 0.406. The molecule has 1 unspecified atom stereocenters. The second-order valence-corrected chi connectivity index (χ2v) is 5.35. The second-order valence-electron chi connectivity index (χ2n) is 4.37. The van der Waals surface area contributed by atoms with E-state index in [0.29, 0.717) is 0 Å². The van der Waals surface area contributed by atoms with Crippen molar-refractivity contribution in [2.24, 2.45) is 5.73 Å². The van der Waals surface area contributed by atoms with Crippen molar-refractivity contribution in [3.8, 4) is 5.75 Å². The first-order chi connectivity index (χ1) is 8.63. The number of hydrogen-bond acceptors (Lipinski definition) is 4. The molecule has 0 spiro atoms. The molecular formula is C14H18N2OS. The van der Waals surface area contributed by atoms with Crippen molar-refractivity contribution in [3.63, 3.8) is 0 Å². The second kappa shape index (κ2) is 5.50. The van der Waals surface area contributed by atoms with Crippen molar-refractivity contribution in [3.05, 3.63) is 45.4 Å². The van der Waals surface area contributed by atoms with Crippen LogP contribution in [0, 0.1) is 13.8 Å². The summed E-state index contributed by atoms with van der Waals surface area (Å²) >= 11 is 1.69. The largest absolute Gasteiger partial charge is 0.496 e. The molecule has 0 radical (unpaired) electrons. The summed E-state index contributed by atoms with van der Waals surface area (Å²) in [5.74, 6) is 0.915. The maximum absolute atomic E-state index is 6.20. The van der Waals surface area contributed by atoms with Crippen LogP contribution in [0.15, 0.2) is 23.7 Å². The van der Waals surface area contributed by atoms with E-state index >= 15 is 0 Å². The summed E-state index contributed by atoms with van der Waals surface area (Å²) in [7, 11) is 1.69. The Kier molecular flexibility index (Phi) is 3.99. The van der Waals surface area contributed by atoms with E-state index in [1.807, 2.05) is 31.5 Å². The predicted molar refractivity (Wildman–Crippen MR) is 75.2 cm³/mol. The van der Waals surface area contributed by atoms with Crippen LogP contribution in [-0.2, 0) is 6.42 Å². The molecule has 0 aliphatic heterocycles. The normalized spacial score (nSPS) is 12.4. The first kappa shape index (κ1) is 13.1. The van der Waals surface area contributed by atoms with E-state index in [4.69, 9.17) is 10.5 Å². The molecule has 2 rings (SSSR count). The van der Waals surface area contributed by atoms with E-state index < -0.39 is 0 Å². The van der Waals surface area contributed by atoms with Crippen molar-refractivity contribution < 1.29 is 4.74 Å². The summed E-state index contributed by atoms with van der Waals surface area (Å²) in [6.45, 7) is 4.04. The third kappa shape index (κ3) is 2.54. The molecule has 96 valence electrons. The van der Waals surface area contributed by atoms with Gasteiger partial charge in [0, 0.05) is 40.4 Å².